The van der Waals surface area contributed by atoms with E-state index >= 15 is 0 Å². The fraction of sp³-hybridized carbons (Fsp3) is 0.909. The van der Waals surface area contributed by atoms with E-state index in [2.05, 4.69) is 19.9 Å². The van der Waals surface area contributed by atoms with Crippen molar-refractivity contribution in [3.8, 4) is 0 Å². The Labute approximate surface area is 142 Å². The summed E-state index contributed by atoms with van der Waals surface area (Å²) < 4.78 is 5.76. The SMILES string of the molecule is C[C@]12CCCCC1CC[C@@H]1[C@@H]2CC[C@@]2(C)[C@H]1CCC21C=COC1. The fourth-order valence-electron chi connectivity index (χ4n) is 8.40. The van der Waals surface area contributed by atoms with E-state index in [0.29, 0.717) is 16.2 Å². The van der Waals surface area contributed by atoms with E-state index in [1.165, 1.54) is 64.2 Å². The van der Waals surface area contributed by atoms with Crippen molar-refractivity contribution in [1.29, 1.82) is 0 Å². The molecule has 1 aliphatic heterocycles. The molecule has 1 heteroatoms. The van der Waals surface area contributed by atoms with Gasteiger partial charge in [0.25, 0.3) is 0 Å². The number of rotatable bonds is 0. The van der Waals surface area contributed by atoms with Gasteiger partial charge in [-0.05, 0) is 91.9 Å². The van der Waals surface area contributed by atoms with Gasteiger partial charge in [-0.25, -0.2) is 0 Å². The van der Waals surface area contributed by atoms with Gasteiger partial charge in [0, 0.05) is 5.41 Å². The van der Waals surface area contributed by atoms with Crippen LogP contribution in [0.5, 0.6) is 0 Å². The Balaban J connectivity index is 1.48. The van der Waals surface area contributed by atoms with Gasteiger partial charge in [0.1, 0.15) is 0 Å². The van der Waals surface area contributed by atoms with Gasteiger partial charge in [0.2, 0.25) is 0 Å². The number of ether oxygens (including phenoxy) is 1. The first-order chi connectivity index (χ1) is 11.1. The van der Waals surface area contributed by atoms with Crippen LogP contribution in [-0.2, 0) is 4.74 Å². The second-order valence-corrected chi connectivity index (χ2v) is 10.2. The van der Waals surface area contributed by atoms with Crippen molar-refractivity contribution in [3.63, 3.8) is 0 Å². The molecule has 5 aliphatic rings. The Kier molecular flexibility index (Phi) is 3.09. The van der Waals surface area contributed by atoms with E-state index in [1.54, 1.807) is 0 Å². The van der Waals surface area contributed by atoms with Crippen LogP contribution in [0.4, 0.5) is 0 Å². The third-order valence-corrected chi connectivity index (χ3v) is 9.84. The van der Waals surface area contributed by atoms with Crippen LogP contribution in [0.25, 0.3) is 0 Å². The van der Waals surface area contributed by atoms with Gasteiger partial charge in [-0.2, -0.15) is 0 Å². The Hall–Kier alpha value is -0.460. The summed E-state index contributed by atoms with van der Waals surface area (Å²) in [7, 11) is 0. The minimum atomic E-state index is 0.382. The van der Waals surface area contributed by atoms with Crippen LogP contribution >= 0.6 is 0 Å². The van der Waals surface area contributed by atoms with Crippen LogP contribution in [-0.4, -0.2) is 6.61 Å². The summed E-state index contributed by atoms with van der Waals surface area (Å²) in [4.78, 5) is 0. The van der Waals surface area contributed by atoms with Crippen molar-refractivity contribution < 1.29 is 4.74 Å². The Morgan fingerprint density at radius 2 is 1.74 bits per heavy atom. The summed E-state index contributed by atoms with van der Waals surface area (Å²) in [5.41, 5.74) is 1.58. The van der Waals surface area contributed by atoms with Crippen LogP contribution in [0.2, 0.25) is 0 Å². The molecule has 1 heterocycles. The quantitative estimate of drug-likeness (QED) is 0.537. The zero-order valence-electron chi connectivity index (χ0n) is 15.2. The Morgan fingerprint density at radius 1 is 0.870 bits per heavy atom. The highest BCUT2D eigenvalue weighted by Gasteiger charge is 2.64. The van der Waals surface area contributed by atoms with E-state index in [-0.39, 0.29) is 0 Å². The summed E-state index contributed by atoms with van der Waals surface area (Å²) in [6.07, 6.45) is 19.4. The predicted molar refractivity (Wildman–Crippen MR) is 93.9 cm³/mol. The first-order valence-electron chi connectivity index (χ1n) is 10.4. The van der Waals surface area contributed by atoms with Gasteiger partial charge < -0.3 is 4.74 Å². The average Bonchev–Trinajstić information content (AvgIpc) is 3.14. The molecule has 0 amide bonds. The van der Waals surface area contributed by atoms with Crippen LogP contribution in [0.15, 0.2) is 12.3 Å². The highest BCUT2D eigenvalue weighted by atomic mass is 16.5. The van der Waals surface area contributed by atoms with Crippen molar-refractivity contribution in [2.24, 2.45) is 39.9 Å². The summed E-state index contributed by atoms with van der Waals surface area (Å²) >= 11 is 0. The molecule has 0 N–H and O–H groups in total. The second-order valence-electron chi connectivity index (χ2n) is 10.2. The highest BCUT2D eigenvalue weighted by molar-refractivity contribution is 5.20. The van der Waals surface area contributed by atoms with Crippen molar-refractivity contribution in [2.45, 2.75) is 78.1 Å². The summed E-state index contributed by atoms with van der Waals surface area (Å²) in [5, 5.41) is 0. The molecule has 0 aromatic rings. The first kappa shape index (κ1) is 14.8. The van der Waals surface area contributed by atoms with Crippen LogP contribution in [0.3, 0.4) is 0 Å². The van der Waals surface area contributed by atoms with Gasteiger partial charge in [0.05, 0.1) is 12.9 Å². The lowest BCUT2D eigenvalue weighted by molar-refractivity contribution is -0.121. The van der Waals surface area contributed by atoms with Crippen LogP contribution in [0.1, 0.15) is 78.1 Å². The van der Waals surface area contributed by atoms with E-state index in [1.807, 2.05) is 6.26 Å². The summed E-state index contributed by atoms with van der Waals surface area (Å²) in [5.74, 6) is 4.06. The molecular weight excluding hydrogens is 280 g/mol. The molecular formula is C22H34O. The maximum absolute atomic E-state index is 5.76. The van der Waals surface area contributed by atoms with Crippen LogP contribution < -0.4 is 0 Å². The average molecular weight is 315 g/mol. The lowest BCUT2D eigenvalue weighted by atomic mass is 9.43. The molecule has 4 saturated carbocycles. The number of hydrogen-bond acceptors (Lipinski definition) is 1. The zero-order chi connectivity index (χ0) is 15.7. The van der Waals surface area contributed by atoms with E-state index in [4.69, 9.17) is 4.74 Å². The molecule has 0 radical (unpaired) electrons. The Bertz CT molecular complexity index is 524. The molecule has 1 nitrogen and oxygen atoms in total. The molecule has 0 saturated heterocycles. The van der Waals surface area contributed by atoms with Gasteiger partial charge >= 0.3 is 0 Å². The summed E-state index contributed by atoms with van der Waals surface area (Å²) in [6, 6.07) is 0. The zero-order valence-corrected chi connectivity index (χ0v) is 15.2. The Morgan fingerprint density at radius 3 is 2.57 bits per heavy atom. The summed E-state index contributed by atoms with van der Waals surface area (Å²) in [6.45, 7) is 6.30. The molecule has 2 unspecified atom stereocenters. The lowest BCUT2D eigenvalue weighted by Gasteiger charge is -2.61. The lowest BCUT2D eigenvalue weighted by Crippen LogP contribution is -2.54. The topological polar surface area (TPSA) is 9.23 Å². The van der Waals surface area contributed by atoms with Gasteiger partial charge in [-0.3, -0.25) is 0 Å². The minimum Gasteiger partial charge on any atom is -0.501 e. The number of hydrogen-bond donors (Lipinski definition) is 0. The van der Waals surface area contributed by atoms with E-state index in [0.717, 1.165) is 30.3 Å². The van der Waals surface area contributed by atoms with Crippen molar-refractivity contribution >= 4 is 0 Å². The maximum Gasteiger partial charge on any atom is 0.0970 e. The van der Waals surface area contributed by atoms with Crippen LogP contribution in [0, 0.1) is 39.9 Å². The monoisotopic (exact) mass is 314 g/mol. The molecule has 23 heavy (non-hydrogen) atoms. The smallest absolute Gasteiger partial charge is 0.0970 e. The van der Waals surface area contributed by atoms with Crippen molar-refractivity contribution in [1.82, 2.24) is 0 Å². The largest absolute Gasteiger partial charge is 0.501 e. The van der Waals surface area contributed by atoms with Crippen molar-refractivity contribution in [2.75, 3.05) is 6.61 Å². The van der Waals surface area contributed by atoms with Crippen molar-refractivity contribution in [3.05, 3.63) is 12.3 Å². The third-order valence-electron chi connectivity index (χ3n) is 9.84. The molecule has 4 fully saturated rings. The second kappa shape index (κ2) is 4.79. The minimum absolute atomic E-state index is 0.382. The molecule has 128 valence electrons. The maximum atomic E-state index is 5.76. The number of fused-ring (bicyclic) bond motifs is 6. The molecule has 1 spiro atoms. The molecule has 0 aromatic carbocycles. The van der Waals surface area contributed by atoms with E-state index in [9.17, 15) is 0 Å². The molecule has 5 rings (SSSR count). The standard InChI is InChI=1S/C22H34O/c1-20-10-4-3-5-16(20)6-7-17-18(20)8-11-21(2)19(17)9-12-22(21)13-14-23-15-22/h13-14,16-19H,3-12,15H2,1-2H3/t16?,17-,18+,19+,20+,21+,22?/m1/s1. The van der Waals surface area contributed by atoms with Gasteiger partial charge in [-0.15, -0.1) is 0 Å². The predicted octanol–water partition coefficient (Wildman–Crippen LogP) is 5.95. The molecule has 4 aliphatic carbocycles. The fourth-order valence-corrected chi connectivity index (χ4v) is 8.40. The first-order valence-corrected chi connectivity index (χ1v) is 10.4. The molecule has 0 aromatic heterocycles. The normalized spacial score (nSPS) is 57.7. The highest BCUT2D eigenvalue weighted by Crippen LogP contribution is 2.71. The van der Waals surface area contributed by atoms with E-state index < -0.39 is 0 Å². The van der Waals surface area contributed by atoms with Gasteiger partial charge in [-0.1, -0.05) is 26.7 Å². The van der Waals surface area contributed by atoms with Gasteiger partial charge in [0.15, 0.2) is 0 Å². The molecule has 0 bridgehead atoms. The third kappa shape index (κ3) is 1.75. The molecule has 7 atom stereocenters.